The van der Waals surface area contributed by atoms with E-state index in [4.69, 9.17) is 5.73 Å². The van der Waals surface area contributed by atoms with Crippen LogP contribution in [0, 0.1) is 0 Å². The second kappa shape index (κ2) is 7.02. The molecule has 0 saturated carbocycles. The summed E-state index contributed by atoms with van der Waals surface area (Å²) in [4.78, 5) is 16.5. The Morgan fingerprint density at radius 2 is 2.14 bits per heavy atom. The Balaban J connectivity index is 2.23. The van der Waals surface area contributed by atoms with Gasteiger partial charge in [-0.15, -0.1) is 0 Å². The molecule has 2 aromatic rings. The van der Waals surface area contributed by atoms with Crippen molar-refractivity contribution in [3.05, 3.63) is 41.7 Å². The number of aryl methyl sites for hydroxylation is 1. The molecule has 1 aromatic heterocycles. The summed E-state index contributed by atoms with van der Waals surface area (Å²) < 4.78 is 5.10. The van der Waals surface area contributed by atoms with Crippen molar-refractivity contribution < 1.29 is 4.79 Å². The number of amides is 1. The van der Waals surface area contributed by atoms with Crippen LogP contribution in [0.15, 0.2) is 34.7 Å². The lowest BCUT2D eigenvalue weighted by molar-refractivity contribution is -0.123. The van der Waals surface area contributed by atoms with Gasteiger partial charge in [0.15, 0.2) is 4.34 Å². The van der Waals surface area contributed by atoms with Gasteiger partial charge >= 0.3 is 0 Å². The van der Waals surface area contributed by atoms with Gasteiger partial charge in [-0.3, -0.25) is 4.79 Å². The lowest BCUT2D eigenvalue weighted by Gasteiger charge is -2.30. The third-order valence-electron chi connectivity index (χ3n) is 3.29. The Hall–Kier alpha value is -1.44. The van der Waals surface area contributed by atoms with Crippen LogP contribution in [-0.2, 0) is 16.8 Å². The SMILES string of the molecule is CCc1nsc(SCC(NC)(C(N)=O)c2ccccc2)n1. The molecule has 0 aliphatic rings. The Morgan fingerprint density at radius 3 is 2.67 bits per heavy atom. The van der Waals surface area contributed by atoms with Gasteiger partial charge < -0.3 is 11.1 Å². The van der Waals surface area contributed by atoms with Crippen molar-refractivity contribution in [2.24, 2.45) is 5.73 Å². The zero-order valence-corrected chi connectivity index (χ0v) is 13.6. The smallest absolute Gasteiger partial charge is 0.243 e. The molecule has 5 nitrogen and oxygen atoms in total. The normalized spacial score (nSPS) is 13.8. The highest BCUT2D eigenvalue weighted by Crippen LogP contribution is 2.30. The van der Waals surface area contributed by atoms with Crippen LogP contribution >= 0.6 is 23.3 Å². The number of primary amides is 1. The number of hydrogen-bond donors (Lipinski definition) is 2. The zero-order valence-electron chi connectivity index (χ0n) is 12.0. The minimum atomic E-state index is -0.913. The van der Waals surface area contributed by atoms with Crippen molar-refractivity contribution in [3.8, 4) is 0 Å². The number of carbonyl (C=O) groups is 1. The summed E-state index contributed by atoms with van der Waals surface area (Å²) in [5, 5.41) is 3.08. The minimum absolute atomic E-state index is 0.399. The third-order valence-corrected chi connectivity index (χ3v) is 5.33. The summed E-state index contributed by atoms with van der Waals surface area (Å²) in [6, 6.07) is 9.51. The molecule has 21 heavy (non-hydrogen) atoms. The predicted molar refractivity (Wildman–Crippen MR) is 86.4 cm³/mol. The Labute approximate surface area is 132 Å². The molecule has 1 atom stereocenters. The molecule has 0 spiro atoms. The number of hydrogen-bond acceptors (Lipinski definition) is 6. The molecule has 0 aliphatic heterocycles. The maximum atomic E-state index is 12.0. The van der Waals surface area contributed by atoms with Gasteiger partial charge in [0.2, 0.25) is 5.91 Å². The number of likely N-dealkylation sites (N-methyl/N-ethyl adjacent to an activating group) is 1. The van der Waals surface area contributed by atoms with Gasteiger partial charge in [0.25, 0.3) is 0 Å². The summed E-state index contributed by atoms with van der Waals surface area (Å²) in [6.07, 6.45) is 0.808. The average Bonchev–Trinajstić information content (AvgIpc) is 2.97. The van der Waals surface area contributed by atoms with E-state index in [0.29, 0.717) is 5.75 Å². The van der Waals surface area contributed by atoms with Gasteiger partial charge in [-0.05, 0) is 24.1 Å². The van der Waals surface area contributed by atoms with Crippen LogP contribution in [0.3, 0.4) is 0 Å². The van der Waals surface area contributed by atoms with Gasteiger partial charge in [0.1, 0.15) is 11.4 Å². The first-order valence-electron chi connectivity index (χ1n) is 6.62. The number of carbonyl (C=O) groups excluding carboxylic acids is 1. The number of rotatable bonds is 7. The van der Waals surface area contributed by atoms with Gasteiger partial charge in [0, 0.05) is 12.2 Å². The number of aromatic nitrogens is 2. The third kappa shape index (κ3) is 3.42. The second-order valence-electron chi connectivity index (χ2n) is 4.50. The van der Waals surface area contributed by atoms with Gasteiger partial charge in [-0.1, -0.05) is 49.0 Å². The molecule has 0 radical (unpaired) electrons. The predicted octanol–water partition coefficient (Wildman–Crippen LogP) is 1.79. The van der Waals surface area contributed by atoms with Crippen molar-refractivity contribution in [2.45, 2.75) is 23.2 Å². The standard InChI is InChI=1S/C14H18N4OS2/c1-3-11-17-13(21-18-11)20-9-14(16-2,12(15)19)10-7-5-4-6-8-10/h4-8,16H,3,9H2,1-2H3,(H2,15,19). The van der Waals surface area contributed by atoms with E-state index >= 15 is 0 Å². The van der Waals surface area contributed by atoms with E-state index in [1.807, 2.05) is 37.3 Å². The highest BCUT2D eigenvalue weighted by Gasteiger charge is 2.37. The first kappa shape index (κ1) is 15.9. The second-order valence-corrected chi connectivity index (χ2v) is 6.48. The van der Waals surface area contributed by atoms with Crippen LogP contribution < -0.4 is 11.1 Å². The van der Waals surface area contributed by atoms with Gasteiger partial charge in [-0.25, -0.2) is 4.98 Å². The van der Waals surface area contributed by atoms with Crippen molar-refractivity contribution in [1.29, 1.82) is 0 Å². The number of nitrogens with two attached hydrogens (primary N) is 1. The molecule has 3 N–H and O–H groups in total. The van der Waals surface area contributed by atoms with E-state index in [9.17, 15) is 4.79 Å². The Morgan fingerprint density at radius 1 is 1.43 bits per heavy atom. The molecule has 1 aromatic carbocycles. The van der Waals surface area contributed by atoms with Crippen LogP contribution in [0.4, 0.5) is 0 Å². The summed E-state index contributed by atoms with van der Waals surface area (Å²) in [6.45, 7) is 2.02. The lowest BCUT2D eigenvalue weighted by atomic mass is 9.91. The van der Waals surface area contributed by atoms with E-state index < -0.39 is 11.4 Å². The highest BCUT2D eigenvalue weighted by molar-refractivity contribution is 8.01. The number of benzene rings is 1. The van der Waals surface area contributed by atoms with Crippen LogP contribution in [0.2, 0.25) is 0 Å². The summed E-state index contributed by atoms with van der Waals surface area (Å²) in [5.74, 6) is 0.904. The van der Waals surface area contributed by atoms with E-state index in [1.165, 1.54) is 23.3 Å². The largest absolute Gasteiger partial charge is 0.368 e. The molecule has 0 bridgehead atoms. The zero-order chi connectivity index (χ0) is 15.3. The van der Waals surface area contributed by atoms with Gasteiger partial charge in [0.05, 0.1) is 0 Å². The van der Waals surface area contributed by atoms with Crippen LogP contribution in [0.25, 0.3) is 0 Å². The Bertz CT molecular complexity index is 602. The van der Waals surface area contributed by atoms with E-state index in [2.05, 4.69) is 14.7 Å². The van der Waals surface area contributed by atoms with E-state index in [-0.39, 0.29) is 0 Å². The maximum Gasteiger partial charge on any atom is 0.243 e. The fraction of sp³-hybridized carbons (Fsp3) is 0.357. The van der Waals surface area contributed by atoms with Crippen molar-refractivity contribution >= 4 is 29.2 Å². The monoisotopic (exact) mass is 322 g/mol. The first-order valence-corrected chi connectivity index (χ1v) is 8.38. The summed E-state index contributed by atoms with van der Waals surface area (Å²) in [7, 11) is 1.75. The Kier molecular flexibility index (Phi) is 5.33. The van der Waals surface area contributed by atoms with E-state index in [0.717, 1.165) is 22.1 Å². The molecule has 1 heterocycles. The highest BCUT2D eigenvalue weighted by atomic mass is 32.2. The lowest BCUT2D eigenvalue weighted by Crippen LogP contribution is -2.53. The van der Waals surface area contributed by atoms with Crippen molar-refractivity contribution in [2.75, 3.05) is 12.8 Å². The fourth-order valence-electron chi connectivity index (χ4n) is 1.97. The summed E-state index contributed by atoms with van der Waals surface area (Å²) >= 11 is 2.85. The molecule has 0 fully saturated rings. The molecule has 7 heteroatoms. The van der Waals surface area contributed by atoms with Crippen molar-refractivity contribution in [3.63, 3.8) is 0 Å². The number of thioether (sulfide) groups is 1. The molecule has 0 aliphatic carbocycles. The molecule has 2 rings (SSSR count). The fourth-order valence-corrected chi connectivity index (χ4v) is 3.93. The molecular formula is C14H18N4OS2. The molecule has 112 valence electrons. The molecular weight excluding hydrogens is 304 g/mol. The van der Waals surface area contributed by atoms with Crippen LogP contribution in [0.1, 0.15) is 18.3 Å². The van der Waals surface area contributed by atoms with Crippen LogP contribution in [-0.4, -0.2) is 28.1 Å². The maximum absolute atomic E-state index is 12.0. The topological polar surface area (TPSA) is 80.9 Å². The van der Waals surface area contributed by atoms with Gasteiger partial charge in [-0.2, -0.15) is 4.37 Å². The number of nitrogens with one attached hydrogen (secondary N) is 1. The molecule has 1 unspecified atom stereocenters. The van der Waals surface area contributed by atoms with Crippen molar-refractivity contribution in [1.82, 2.24) is 14.7 Å². The van der Waals surface area contributed by atoms with Crippen LogP contribution in [0.5, 0.6) is 0 Å². The first-order chi connectivity index (χ1) is 10.1. The minimum Gasteiger partial charge on any atom is -0.368 e. The molecule has 1 amide bonds. The van der Waals surface area contributed by atoms with E-state index in [1.54, 1.807) is 7.05 Å². The number of nitrogens with zero attached hydrogens (tertiary/aromatic N) is 2. The quantitative estimate of drug-likeness (QED) is 0.760. The average molecular weight is 322 g/mol. The summed E-state index contributed by atoms with van der Waals surface area (Å²) in [5.41, 5.74) is 5.60. The molecule has 0 saturated heterocycles.